The van der Waals surface area contributed by atoms with Crippen LogP contribution in [0.2, 0.25) is 0 Å². The number of cyclic esters (lactones) is 4. The molecule has 31 heteroatoms. The number of carboxylic acids is 5. The summed E-state index contributed by atoms with van der Waals surface area (Å²) in [6.45, 7) is 10.9. The standard InChI is InChI=1S/C16H29N3O8.C16H29N3O6.C14H19N3O8.2CH4/c1-13(20)9-18(7-8-27-26)4-3-17(11-15(22)23)5-6-19(10-14(2)21)12-16(24)25;1-4-17(9-13(2)20)5-6-18(11-15(22)23)7-8-19(10-14(3)21)12-16(24)25;18-10(19)5-15(1-3-16-6-11(20)24-12(21)7-16)2-4-17-8-13(22)25-14(23)9-17;;/h26H,3-12H2,1-2H3,(H,22,23)(H,24,25);4-12H2,1-3H3,(H,22,23)(H,24,25);1-9H2,(H,18,19);2*1H4/p-2. The number of hydrogen-bond acceptors (Lipinski definition) is 28. The van der Waals surface area contributed by atoms with Gasteiger partial charge in [0.25, 0.3) is 0 Å². The second kappa shape index (κ2) is 43.7. The summed E-state index contributed by atoms with van der Waals surface area (Å²) in [5, 5.41) is 57.1. The van der Waals surface area contributed by atoms with Crippen LogP contribution in [0, 0.1) is 0 Å². The van der Waals surface area contributed by atoms with Crippen LogP contribution in [0.5, 0.6) is 0 Å². The number of likely N-dealkylation sites (N-methyl/N-ethyl adjacent to an activating group) is 1. The Morgan fingerprint density at radius 2 is 0.684 bits per heavy atom. The number of ketones is 4. The molecule has 0 aromatic heterocycles. The summed E-state index contributed by atoms with van der Waals surface area (Å²) in [5.74, 6) is -8.63. The molecule has 0 spiro atoms. The van der Waals surface area contributed by atoms with Crippen molar-refractivity contribution >= 4 is 76.9 Å². The van der Waals surface area contributed by atoms with Gasteiger partial charge >= 0.3 is 41.8 Å². The summed E-state index contributed by atoms with van der Waals surface area (Å²) in [5.41, 5.74) is 0. The molecule has 0 unspecified atom stereocenters. The van der Waals surface area contributed by atoms with Crippen molar-refractivity contribution in [1.82, 2.24) is 44.1 Å². The first-order valence-electron chi connectivity index (χ1n) is 24.4. The van der Waals surface area contributed by atoms with Crippen LogP contribution in [0.1, 0.15) is 49.5 Å². The van der Waals surface area contributed by atoms with Crippen LogP contribution in [-0.4, -0.2) is 325 Å². The maximum atomic E-state index is 11.3. The summed E-state index contributed by atoms with van der Waals surface area (Å²) in [7, 11) is 0. The average Bonchev–Trinajstić information content (AvgIpc) is 3.28. The Balaban J connectivity index is -0.00000108. The minimum absolute atomic E-state index is 0. The highest BCUT2D eigenvalue weighted by Crippen LogP contribution is 2.04. The lowest BCUT2D eigenvalue weighted by molar-refractivity contribution is -0.308. The maximum absolute atomic E-state index is 11.3. The van der Waals surface area contributed by atoms with Crippen LogP contribution in [-0.2, 0) is 76.7 Å². The molecule has 0 aromatic carbocycles. The van der Waals surface area contributed by atoms with E-state index in [2.05, 4.69) is 14.4 Å². The van der Waals surface area contributed by atoms with Gasteiger partial charge in [0, 0.05) is 98.2 Å². The smallest absolute Gasteiger partial charge is 0.327 e. The number of carbonyl (C=O) groups excluding carboxylic acids is 10. The monoisotopic (exact) mass is 1140 g/mol. The molecule has 4 N–H and O–H groups in total. The molecule has 2 fully saturated rings. The molecule has 0 radical (unpaired) electrons. The van der Waals surface area contributed by atoms with E-state index in [9.17, 15) is 72.5 Å². The maximum Gasteiger partial charge on any atom is 0.327 e. The third kappa shape index (κ3) is 43.4. The molecule has 0 aliphatic carbocycles. The molecule has 2 aliphatic rings. The lowest BCUT2D eigenvalue weighted by Crippen LogP contribution is -2.49. The Kier molecular flexibility index (Phi) is 42.7. The van der Waals surface area contributed by atoms with Gasteiger partial charge in [0.15, 0.2) is 0 Å². The third-order valence-corrected chi connectivity index (χ3v) is 10.8. The highest BCUT2D eigenvalue weighted by molar-refractivity contribution is 5.90. The van der Waals surface area contributed by atoms with Crippen LogP contribution >= 0.6 is 0 Å². The Labute approximate surface area is 460 Å². The van der Waals surface area contributed by atoms with Crippen LogP contribution < -0.4 is 10.2 Å². The largest absolute Gasteiger partial charge is 0.549 e. The van der Waals surface area contributed by atoms with E-state index in [0.717, 1.165) is 0 Å². The molecule has 2 heterocycles. The third-order valence-electron chi connectivity index (χ3n) is 10.8. The molecular weight excluding hydrogens is 1050 g/mol. The van der Waals surface area contributed by atoms with Gasteiger partial charge in [-0.1, -0.05) is 21.8 Å². The summed E-state index contributed by atoms with van der Waals surface area (Å²) < 4.78 is 8.85. The lowest BCUT2D eigenvalue weighted by atomic mass is 10.3. The molecule has 0 saturated carbocycles. The second-order valence-electron chi connectivity index (χ2n) is 18.1. The van der Waals surface area contributed by atoms with Gasteiger partial charge in [0.05, 0.1) is 90.5 Å². The van der Waals surface area contributed by atoms with Crippen LogP contribution in [0.3, 0.4) is 0 Å². The Bertz CT molecular complexity index is 1870. The van der Waals surface area contributed by atoms with Crippen molar-refractivity contribution in [2.75, 3.05) is 183 Å². The Hall–Kier alpha value is -6.13. The van der Waals surface area contributed by atoms with Crippen molar-refractivity contribution in [3.05, 3.63) is 0 Å². The molecule has 0 bridgehead atoms. The summed E-state index contributed by atoms with van der Waals surface area (Å²) in [6.07, 6.45) is 0. The first-order valence-corrected chi connectivity index (χ1v) is 24.4. The fourth-order valence-corrected chi connectivity index (χ4v) is 7.46. The minimum atomic E-state index is -1.30. The Morgan fingerprint density at radius 3 is 1.00 bits per heavy atom. The predicted octanol–water partition coefficient (Wildman–Crippen LogP) is -6.26. The van der Waals surface area contributed by atoms with Gasteiger partial charge in [-0.05, 0) is 34.2 Å². The van der Waals surface area contributed by atoms with Crippen molar-refractivity contribution in [3.8, 4) is 0 Å². The van der Waals surface area contributed by atoms with Gasteiger partial charge in [-0.15, -0.1) is 0 Å². The van der Waals surface area contributed by atoms with Crippen molar-refractivity contribution < 1.29 is 107 Å². The van der Waals surface area contributed by atoms with E-state index in [1.807, 2.05) is 11.8 Å². The number of carboxylic acid groups (broad SMARTS) is 5. The molecule has 79 heavy (non-hydrogen) atoms. The number of carbonyl (C=O) groups is 13. The Morgan fingerprint density at radius 1 is 0.430 bits per heavy atom. The number of Topliss-reactive ketones (excluding diaryl/α,β-unsaturated/α-hetero) is 4. The van der Waals surface area contributed by atoms with Gasteiger partial charge < -0.3 is 44.6 Å². The lowest BCUT2D eigenvalue weighted by Gasteiger charge is -2.30. The molecule has 2 aliphatic heterocycles. The van der Waals surface area contributed by atoms with Gasteiger partial charge in [0.1, 0.15) is 23.1 Å². The SMILES string of the molecule is C.C.CC(=O)CN(CCOO)CCN(CCN(CC(C)=O)CC(=O)O)CC(=O)O.CCN(CCN(CCN(CC(C)=O)CC(=O)[O-])CC(=O)[O-])CC(C)=O.O=C(O)CN(CCN1CC(=O)OC(=O)C1)CCN1CC(=O)OC(=O)C1. The summed E-state index contributed by atoms with van der Waals surface area (Å²) in [4.78, 5) is 163. The molecule has 2 rings (SSSR count). The molecule has 31 nitrogen and oxygen atoms in total. The first-order chi connectivity index (χ1) is 36.1. The van der Waals surface area contributed by atoms with Crippen molar-refractivity contribution in [3.63, 3.8) is 0 Å². The topological polar surface area (TPSA) is 406 Å². The number of ether oxygens (including phenoxy) is 2. The molecule has 2 saturated heterocycles. The molecule has 0 amide bonds. The van der Waals surface area contributed by atoms with E-state index in [1.54, 1.807) is 29.4 Å². The molecule has 0 aromatic rings. The van der Waals surface area contributed by atoms with Crippen LogP contribution in [0.4, 0.5) is 0 Å². The van der Waals surface area contributed by atoms with Crippen LogP contribution in [0.25, 0.3) is 0 Å². The molecule has 0 atom stereocenters. The number of rotatable bonds is 40. The zero-order chi connectivity index (χ0) is 58.6. The highest BCUT2D eigenvalue weighted by Gasteiger charge is 2.27. The zero-order valence-electron chi connectivity index (χ0n) is 44.5. The van der Waals surface area contributed by atoms with Gasteiger partial charge in [0.2, 0.25) is 0 Å². The first kappa shape index (κ1) is 77.1. The fourth-order valence-electron chi connectivity index (χ4n) is 7.46. The number of esters is 4. The van der Waals surface area contributed by atoms with E-state index < -0.39 is 60.3 Å². The molecule has 454 valence electrons. The van der Waals surface area contributed by atoms with Crippen molar-refractivity contribution in [2.24, 2.45) is 0 Å². The average molecular weight is 1140 g/mol. The second-order valence-corrected chi connectivity index (χ2v) is 18.1. The van der Waals surface area contributed by atoms with E-state index in [0.29, 0.717) is 65.4 Å². The van der Waals surface area contributed by atoms with Gasteiger partial charge in [-0.25, -0.2) is 4.89 Å². The normalized spacial score (nSPS) is 13.7. The minimum Gasteiger partial charge on any atom is -0.549 e. The number of hydrogen-bond donors (Lipinski definition) is 4. The van der Waals surface area contributed by atoms with Crippen LogP contribution in [0.15, 0.2) is 0 Å². The highest BCUT2D eigenvalue weighted by atomic mass is 17.1. The summed E-state index contributed by atoms with van der Waals surface area (Å²) in [6, 6.07) is 0. The fraction of sp³-hybridized carbons (Fsp3) is 0.729. The van der Waals surface area contributed by atoms with Crippen molar-refractivity contribution in [2.45, 2.75) is 49.5 Å². The van der Waals surface area contributed by atoms with Crippen molar-refractivity contribution in [1.29, 1.82) is 0 Å². The van der Waals surface area contributed by atoms with E-state index in [-0.39, 0.29) is 149 Å². The van der Waals surface area contributed by atoms with E-state index >= 15 is 0 Å². The zero-order valence-corrected chi connectivity index (χ0v) is 44.5. The predicted molar refractivity (Wildman–Crippen MR) is 274 cm³/mol. The number of morpholine rings is 2. The molecular formula is C48H83N9O22-2. The van der Waals surface area contributed by atoms with E-state index in [1.165, 1.54) is 37.5 Å². The number of aliphatic carboxylic acids is 5. The quantitative estimate of drug-likeness (QED) is 0.0192. The number of nitrogens with zero attached hydrogens (tertiary/aromatic N) is 9. The van der Waals surface area contributed by atoms with E-state index in [4.69, 9.17) is 20.6 Å². The van der Waals surface area contributed by atoms with Gasteiger partial charge in [-0.3, -0.25) is 102 Å². The van der Waals surface area contributed by atoms with Gasteiger partial charge in [-0.2, -0.15) is 0 Å². The summed E-state index contributed by atoms with van der Waals surface area (Å²) >= 11 is 0.